The Morgan fingerprint density at radius 3 is 0.753 bits per heavy atom. The number of benzene rings is 13. The highest BCUT2D eigenvalue weighted by Gasteiger charge is 2.12. The highest BCUT2D eigenvalue weighted by atomic mass is 14.2. The van der Waals surface area contributed by atoms with Crippen LogP contribution in [0.1, 0.15) is 127 Å². The zero-order valence-corrected chi connectivity index (χ0v) is 56.3. The van der Waals surface area contributed by atoms with Crippen molar-refractivity contribution >= 4 is 0 Å². The first kappa shape index (κ1) is 67.3. The van der Waals surface area contributed by atoms with Crippen molar-refractivity contribution in [3.05, 3.63) is 374 Å². The van der Waals surface area contributed by atoms with Crippen molar-refractivity contribution < 1.29 is 0 Å². The van der Waals surface area contributed by atoms with Gasteiger partial charge in [-0.2, -0.15) is 0 Å². The summed E-state index contributed by atoms with van der Waals surface area (Å²) < 4.78 is 0. The van der Waals surface area contributed by atoms with E-state index in [0.717, 1.165) is 0 Å². The molecular weight excluding hydrogens is 1120 g/mol. The van der Waals surface area contributed by atoms with Crippen LogP contribution in [0.3, 0.4) is 0 Å². The molecule has 0 bridgehead atoms. The lowest BCUT2D eigenvalue weighted by atomic mass is 9.89. The van der Waals surface area contributed by atoms with Crippen LogP contribution in [0.2, 0.25) is 0 Å². The fourth-order valence-corrected chi connectivity index (χ4v) is 11.4. The van der Waals surface area contributed by atoms with E-state index in [-0.39, 0.29) is 0 Å². The highest BCUT2D eigenvalue weighted by Crippen LogP contribution is 2.35. The van der Waals surface area contributed by atoms with E-state index in [2.05, 4.69) is 403 Å². The van der Waals surface area contributed by atoms with Gasteiger partial charge in [0.15, 0.2) is 0 Å². The number of rotatable bonds is 13. The van der Waals surface area contributed by atoms with Crippen LogP contribution in [0.25, 0.3) is 89.0 Å². The summed E-state index contributed by atoms with van der Waals surface area (Å²) in [4.78, 5) is 0. The van der Waals surface area contributed by atoms with Crippen molar-refractivity contribution in [1.29, 1.82) is 0 Å². The average Bonchev–Trinajstić information content (AvgIpc) is 1.23. The normalized spacial score (nSPS) is 10.7. The lowest BCUT2D eigenvalue weighted by molar-refractivity contribution is 0.867. The molecule has 464 valence electrons. The van der Waals surface area contributed by atoms with Gasteiger partial charge in [0.05, 0.1) is 0 Å². The molecule has 0 spiro atoms. The van der Waals surface area contributed by atoms with E-state index in [4.69, 9.17) is 0 Å². The third kappa shape index (κ3) is 19.4. The summed E-state index contributed by atoms with van der Waals surface area (Å²) in [5.41, 5.74) is 27.5. The average molecular weight is 1210 g/mol. The number of hydrogen-bond donors (Lipinski definition) is 0. The zero-order valence-electron chi connectivity index (χ0n) is 56.3. The molecule has 0 amide bonds. The topological polar surface area (TPSA) is 0 Å². The third-order valence-corrected chi connectivity index (χ3v) is 17.0. The molecule has 0 unspecified atom stereocenters. The molecule has 0 saturated heterocycles. The Morgan fingerprint density at radius 2 is 0.376 bits per heavy atom. The predicted molar refractivity (Wildman–Crippen MR) is 406 cm³/mol. The zero-order chi connectivity index (χ0) is 65.3. The molecule has 0 nitrogen and oxygen atoms in total. The Bertz CT molecular complexity index is 4240. The maximum absolute atomic E-state index is 2.34. The Balaban J connectivity index is 0.000000140. The maximum Gasteiger partial charge on any atom is -0.0149 e. The van der Waals surface area contributed by atoms with Crippen LogP contribution < -0.4 is 0 Å². The largest absolute Gasteiger partial charge is 0.0622 e. The summed E-state index contributed by atoms with van der Waals surface area (Å²) in [5.74, 6) is 2.85. The van der Waals surface area contributed by atoms with Gasteiger partial charge in [-0.1, -0.05) is 415 Å². The monoisotopic (exact) mass is 1210 g/mol. The minimum atomic E-state index is 0.504. The molecule has 0 atom stereocenters. The molecule has 93 heavy (non-hydrogen) atoms. The van der Waals surface area contributed by atoms with Crippen LogP contribution >= 0.6 is 0 Å². The van der Waals surface area contributed by atoms with Crippen molar-refractivity contribution in [2.75, 3.05) is 0 Å². The van der Waals surface area contributed by atoms with Crippen molar-refractivity contribution in [1.82, 2.24) is 0 Å². The van der Waals surface area contributed by atoms with Gasteiger partial charge in [0.2, 0.25) is 0 Å². The predicted octanol–water partition coefficient (Wildman–Crippen LogP) is 27.4. The van der Waals surface area contributed by atoms with Gasteiger partial charge < -0.3 is 0 Å². The lowest BCUT2D eigenvalue weighted by Gasteiger charge is -2.15. The summed E-state index contributed by atoms with van der Waals surface area (Å²) in [6, 6.07) is 123. The van der Waals surface area contributed by atoms with Gasteiger partial charge in [0, 0.05) is 0 Å². The van der Waals surface area contributed by atoms with Gasteiger partial charge in [-0.05, 0) is 146 Å². The molecule has 0 heterocycles. The molecule has 13 rings (SSSR count). The van der Waals surface area contributed by atoms with Crippen LogP contribution in [0.15, 0.2) is 346 Å². The Kier molecular flexibility index (Phi) is 24.8. The van der Waals surface area contributed by atoms with E-state index in [0.29, 0.717) is 29.6 Å². The fraction of sp³-hybridized carbons (Fsp3) is 0.161. The van der Waals surface area contributed by atoms with Crippen LogP contribution in [-0.2, 0) is 0 Å². The molecule has 0 heteroatoms. The van der Waals surface area contributed by atoms with E-state index in [1.165, 1.54) is 117 Å². The van der Waals surface area contributed by atoms with Crippen LogP contribution in [0, 0.1) is 0 Å². The van der Waals surface area contributed by atoms with Gasteiger partial charge in [-0.15, -0.1) is 0 Å². The molecule has 0 aliphatic carbocycles. The summed E-state index contributed by atoms with van der Waals surface area (Å²) in [5, 5.41) is 0. The summed E-state index contributed by atoms with van der Waals surface area (Å²) >= 11 is 0. The molecular formula is C93H92. The second kappa shape index (κ2) is 34.3. The molecule has 0 fully saturated rings. The molecule has 13 aromatic carbocycles. The minimum Gasteiger partial charge on any atom is -0.0622 e. The van der Waals surface area contributed by atoms with Crippen LogP contribution in [0.5, 0.6) is 0 Å². The summed E-state index contributed by atoms with van der Waals surface area (Å²) in [6.45, 7) is 22.3. The first-order valence-electron chi connectivity index (χ1n) is 33.4. The molecule has 0 radical (unpaired) electrons. The van der Waals surface area contributed by atoms with Crippen molar-refractivity contribution in [3.8, 4) is 89.0 Å². The first-order valence-corrected chi connectivity index (χ1v) is 33.4. The molecule has 13 aromatic rings. The molecule has 0 aromatic heterocycles. The van der Waals surface area contributed by atoms with Crippen molar-refractivity contribution in [2.24, 2.45) is 0 Å². The van der Waals surface area contributed by atoms with Gasteiger partial charge in [-0.3, -0.25) is 0 Å². The van der Waals surface area contributed by atoms with Gasteiger partial charge >= 0.3 is 0 Å². The molecule has 0 saturated carbocycles. The van der Waals surface area contributed by atoms with Crippen molar-refractivity contribution in [3.63, 3.8) is 0 Å². The number of hydrogen-bond acceptors (Lipinski definition) is 0. The minimum absolute atomic E-state index is 0.504. The fourth-order valence-electron chi connectivity index (χ4n) is 11.4. The van der Waals surface area contributed by atoms with Gasteiger partial charge in [0.1, 0.15) is 0 Å². The maximum atomic E-state index is 2.34. The standard InChI is InChI=1S/4C21H20.C9H12/c1-16(2)21-15-19(17-9-5-3-6-10-17)13-14-20(21)18-11-7-4-8-12-18;1-16(2)20-10-6-7-11-21(20)19-14-12-18(13-15-19)17-8-4-3-5-9-17;1-16(2)20-9-6-10-21(15-20)19-13-11-18(12-14-19)17-7-4-3-5-8-17;1-16(2)17-8-10-20(11-9-17)21-14-12-19(13-15-21)18-6-4-3-5-7-18;1-8(2)9-6-4-3-5-7-9/h4*3-16H,1-2H3;3-8H,1-2H3. The van der Waals surface area contributed by atoms with Gasteiger partial charge in [-0.25, -0.2) is 0 Å². The van der Waals surface area contributed by atoms with Crippen LogP contribution in [0.4, 0.5) is 0 Å². The third-order valence-electron chi connectivity index (χ3n) is 17.0. The smallest absolute Gasteiger partial charge is 0.0149 e. The lowest BCUT2D eigenvalue weighted by Crippen LogP contribution is -1.93. The second-order valence-corrected chi connectivity index (χ2v) is 25.4. The molecule has 0 aliphatic heterocycles. The Hall–Kier alpha value is -10.1. The van der Waals surface area contributed by atoms with E-state index in [1.807, 2.05) is 12.1 Å². The second-order valence-electron chi connectivity index (χ2n) is 25.4. The Labute approximate surface area is 558 Å². The first-order chi connectivity index (χ1) is 45.3. The van der Waals surface area contributed by atoms with Gasteiger partial charge in [0.25, 0.3) is 0 Å². The van der Waals surface area contributed by atoms with E-state index in [9.17, 15) is 0 Å². The van der Waals surface area contributed by atoms with E-state index in [1.54, 1.807) is 0 Å². The summed E-state index contributed by atoms with van der Waals surface area (Å²) in [7, 11) is 0. The highest BCUT2D eigenvalue weighted by molar-refractivity contribution is 5.76. The van der Waals surface area contributed by atoms with Crippen molar-refractivity contribution in [2.45, 2.75) is 98.8 Å². The Morgan fingerprint density at radius 1 is 0.140 bits per heavy atom. The van der Waals surface area contributed by atoms with E-state index < -0.39 is 0 Å². The van der Waals surface area contributed by atoms with E-state index >= 15 is 0 Å². The molecule has 0 N–H and O–H groups in total. The molecule has 0 aliphatic rings. The SMILES string of the molecule is CC(C)c1cc(-c2ccccc2)ccc1-c1ccccc1.CC(C)c1ccc(-c2ccc(-c3ccccc3)cc2)cc1.CC(C)c1cccc(-c2ccc(-c3ccccc3)cc2)c1.CC(C)c1ccccc1.CC(C)c1ccccc1-c1ccc(-c2ccccc2)cc1. The quantitative estimate of drug-likeness (QED) is 0.108. The van der Waals surface area contributed by atoms with Crippen LogP contribution in [-0.4, -0.2) is 0 Å². The summed E-state index contributed by atoms with van der Waals surface area (Å²) in [6.07, 6.45) is 0.